The summed E-state index contributed by atoms with van der Waals surface area (Å²) in [5.41, 5.74) is 0. The van der Waals surface area contributed by atoms with Gasteiger partial charge in [-0.1, -0.05) is 30.9 Å². The molecule has 1 atom stereocenters. The van der Waals surface area contributed by atoms with Crippen LogP contribution in [0.15, 0.2) is 14.1 Å². The van der Waals surface area contributed by atoms with Crippen LogP contribution in [0, 0.1) is 17.2 Å². The van der Waals surface area contributed by atoms with Crippen LogP contribution in [0.25, 0.3) is 0 Å². The number of nitrogens with one attached hydrogen (secondary N) is 1. The van der Waals surface area contributed by atoms with Crippen molar-refractivity contribution in [3.8, 4) is 6.07 Å². The zero-order valence-electron chi connectivity index (χ0n) is 10.6. The first-order chi connectivity index (χ1) is 9.44. The van der Waals surface area contributed by atoms with Crippen molar-refractivity contribution < 1.29 is 8.42 Å². The Morgan fingerprint density at radius 3 is 2.60 bits per heavy atom. The van der Waals surface area contributed by atoms with Gasteiger partial charge in [-0.05, 0) is 40.8 Å². The minimum atomic E-state index is -3.69. The summed E-state index contributed by atoms with van der Waals surface area (Å²) >= 11 is 10.1. The third kappa shape index (κ3) is 3.74. The number of nitrogens with zero attached hydrogens (tertiary/aromatic N) is 1. The molecular formula is C12H14BrClN2O2S2. The van der Waals surface area contributed by atoms with Crippen LogP contribution in [-0.2, 0) is 10.0 Å². The first-order valence-electron chi connectivity index (χ1n) is 6.31. The quantitative estimate of drug-likeness (QED) is 0.837. The standard InChI is InChI=1S/C12H14BrClN2O2S2/c13-12-9(14)6-11(19-12)20(17,18)16-10(7-15)8-4-2-1-3-5-8/h6,8,10,16H,1-5H2. The molecule has 0 aromatic carbocycles. The number of hydrogen-bond donors (Lipinski definition) is 1. The van der Waals surface area contributed by atoms with E-state index in [1.54, 1.807) is 0 Å². The molecule has 1 aliphatic rings. The highest BCUT2D eigenvalue weighted by atomic mass is 79.9. The maximum Gasteiger partial charge on any atom is 0.251 e. The molecule has 20 heavy (non-hydrogen) atoms. The molecule has 1 aliphatic carbocycles. The smallest absolute Gasteiger partial charge is 0.206 e. The summed E-state index contributed by atoms with van der Waals surface area (Å²) in [5.74, 6) is 0.0994. The van der Waals surface area contributed by atoms with Crippen LogP contribution >= 0.6 is 38.9 Å². The van der Waals surface area contributed by atoms with Crippen molar-refractivity contribution in [2.45, 2.75) is 42.4 Å². The van der Waals surface area contributed by atoms with E-state index in [1.165, 1.54) is 6.07 Å². The van der Waals surface area contributed by atoms with E-state index in [-0.39, 0.29) is 10.1 Å². The van der Waals surface area contributed by atoms with Crippen molar-refractivity contribution >= 4 is 48.9 Å². The summed E-state index contributed by atoms with van der Waals surface area (Å²) in [6.45, 7) is 0. The summed E-state index contributed by atoms with van der Waals surface area (Å²) in [5, 5.41) is 9.60. The largest absolute Gasteiger partial charge is 0.251 e. The van der Waals surface area contributed by atoms with Crippen molar-refractivity contribution in [1.29, 1.82) is 5.26 Å². The Labute approximate surface area is 136 Å². The van der Waals surface area contributed by atoms with Gasteiger partial charge in [0.05, 0.1) is 14.9 Å². The zero-order valence-corrected chi connectivity index (χ0v) is 14.6. The molecule has 2 rings (SSSR count). The van der Waals surface area contributed by atoms with E-state index in [0.717, 1.165) is 43.4 Å². The van der Waals surface area contributed by atoms with E-state index < -0.39 is 16.1 Å². The Morgan fingerprint density at radius 1 is 1.45 bits per heavy atom. The minimum Gasteiger partial charge on any atom is -0.206 e. The SMILES string of the molecule is N#CC(NS(=O)(=O)c1cc(Cl)c(Br)s1)C1CCCCC1. The van der Waals surface area contributed by atoms with E-state index in [1.807, 2.05) is 0 Å². The second kappa shape index (κ2) is 6.75. The van der Waals surface area contributed by atoms with Crippen molar-refractivity contribution in [1.82, 2.24) is 4.72 Å². The molecule has 0 radical (unpaired) electrons. The lowest BCUT2D eigenvalue weighted by Gasteiger charge is -2.25. The predicted octanol–water partition coefficient (Wildman–Crippen LogP) is 3.91. The Bertz CT molecular complexity index is 598. The molecule has 1 fully saturated rings. The van der Waals surface area contributed by atoms with Crippen molar-refractivity contribution in [2.24, 2.45) is 5.92 Å². The maximum absolute atomic E-state index is 12.3. The number of sulfonamides is 1. The Kier molecular flexibility index (Phi) is 5.49. The van der Waals surface area contributed by atoms with E-state index in [9.17, 15) is 13.7 Å². The zero-order chi connectivity index (χ0) is 14.8. The van der Waals surface area contributed by atoms with Crippen LogP contribution < -0.4 is 4.72 Å². The molecular weight excluding hydrogens is 384 g/mol. The normalized spacial score (nSPS) is 18.6. The molecule has 0 amide bonds. The molecule has 1 unspecified atom stereocenters. The van der Waals surface area contributed by atoms with Crippen molar-refractivity contribution in [3.63, 3.8) is 0 Å². The van der Waals surface area contributed by atoms with Crippen molar-refractivity contribution in [3.05, 3.63) is 14.9 Å². The van der Waals surface area contributed by atoms with Gasteiger partial charge in [0.1, 0.15) is 10.3 Å². The predicted molar refractivity (Wildman–Crippen MR) is 83.3 cm³/mol. The van der Waals surface area contributed by atoms with Crippen LogP contribution in [0.5, 0.6) is 0 Å². The van der Waals surface area contributed by atoms with Crippen LogP contribution in [0.4, 0.5) is 0 Å². The summed E-state index contributed by atoms with van der Waals surface area (Å²) in [6, 6.07) is 2.82. The van der Waals surface area contributed by atoms with Gasteiger partial charge in [0.2, 0.25) is 0 Å². The maximum atomic E-state index is 12.3. The lowest BCUT2D eigenvalue weighted by atomic mass is 9.85. The molecule has 1 saturated carbocycles. The molecule has 1 aromatic rings. The third-order valence-corrected chi connectivity index (χ3v) is 7.82. The van der Waals surface area contributed by atoms with Gasteiger partial charge in [0.15, 0.2) is 0 Å². The van der Waals surface area contributed by atoms with E-state index in [2.05, 4.69) is 26.7 Å². The lowest BCUT2D eigenvalue weighted by molar-refractivity contribution is 0.324. The van der Waals surface area contributed by atoms with Crippen LogP contribution in [0.2, 0.25) is 5.02 Å². The topological polar surface area (TPSA) is 70.0 Å². The van der Waals surface area contributed by atoms with E-state index in [4.69, 9.17) is 11.6 Å². The van der Waals surface area contributed by atoms with Crippen LogP contribution in [0.1, 0.15) is 32.1 Å². The van der Waals surface area contributed by atoms with Gasteiger partial charge in [0, 0.05) is 0 Å². The van der Waals surface area contributed by atoms with Gasteiger partial charge >= 0.3 is 0 Å². The molecule has 1 N–H and O–H groups in total. The number of nitriles is 1. The summed E-state index contributed by atoms with van der Waals surface area (Å²) in [6.07, 6.45) is 5.07. The van der Waals surface area contributed by atoms with E-state index in [0.29, 0.717) is 8.81 Å². The highest BCUT2D eigenvalue weighted by Crippen LogP contribution is 2.35. The first-order valence-corrected chi connectivity index (χ1v) is 9.78. The molecule has 8 heteroatoms. The molecule has 1 heterocycles. The van der Waals surface area contributed by atoms with Gasteiger partial charge in [-0.25, -0.2) is 8.42 Å². The molecule has 0 aliphatic heterocycles. The highest BCUT2D eigenvalue weighted by molar-refractivity contribution is 9.11. The average Bonchev–Trinajstić information content (AvgIpc) is 2.78. The van der Waals surface area contributed by atoms with Crippen LogP contribution in [-0.4, -0.2) is 14.5 Å². The fourth-order valence-corrected chi connectivity index (χ4v) is 6.00. The number of rotatable bonds is 4. The number of halogens is 2. The fraction of sp³-hybridized carbons (Fsp3) is 0.583. The molecule has 110 valence electrons. The van der Waals surface area contributed by atoms with Gasteiger partial charge < -0.3 is 0 Å². The van der Waals surface area contributed by atoms with Gasteiger partial charge in [-0.3, -0.25) is 0 Å². The second-order valence-electron chi connectivity index (χ2n) is 4.81. The molecule has 0 spiro atoms. The van der Waals surface area contributed by atoms with Gasteiger partial charge in [-0.2, -0.15) is 9.98 Å². The van der Waals surface area contributed by atoms with E-state index >= 15 is 0 Å². The molecule has 1 aromatic heterocycles. The van der Waals surface area contributed by atoms with Gasteiger partial charge in [-0.15, -0.1) is 11.3 Å². The van der Waals surface area contributed by atoms with Gasteiger partial charge in [0.25, 0.3) is 10.0 Å². The Balaban J connectivity index is 2.15. The molecule has 0 saturated heterocycles. The third-order valence-electron chi connectivity index (χ3n) is 3.43. The Morgan fingerprint density at radius 2 is 2.10 bits per heavy atom. The highest BCUT2D eigenvalue weighted by Gasteiger charge is 2.29. The first kappa shape index (κ1) is 16.2. The summed E-state index contributed by atoms with van der Waals surface area (Å²) in [7, 11) is -3.69. The molecule has 0 bridgehead atoms. The number of hydrogen-bond acceptors (Lipinski definition) is 4. The monoisotopic (exact) mass is 396 g/mol. The second-order valence-corrected chi connectivity index (χ2v) is 9.53. The molecule has 4 nitrogen and oxygen atoms in total. The summed E-state index contributed by atoms with van der Waals surface area (Å²) < 4.78 is 27.8. The Hall–Kier alpha value is -0.130. The van der Waals surface area contributed by atoms with Crippen LogP contribution in [0.3, 0.4) is 0 Å². The van der Waals surface area contributed by atoms with Crippen molar-refractivity contribution in [2.75, 3.05) is 0 Å². The minimum absolute atomic E-state index is 0.0994. The average molecular weight is 398 g/mol. The summed E-state index contributed by atoms with van der Waals surface area (Å²) in [4.78, 5) is 0. The lowest BCUT2D eigenvalue weighted by Crippen LogP contribution is -2.39. The fourth-order valence-electron chi connectivity index (χ4n) is 2.38. The number of thiophene rings is 1.